The van der Waals surface area contributed by atoms with Crippen LogP contribution >= 0.6 is 0 Å². The van der Waals surface area contributed by atoms with E-state index in [-0.39, 0.29) is 11.3 Å². The van der Waals surface area contributed by atoms with Gasteiger partial charge in [0.25, 0.3) is 0 Å². The van der Waals surface area contributed by atoms with E-state index in [0.29, 0.717) is 23.2 Å². The molecule has 2 aromatic carbocycles. The molecular formula is C21H21FN2O3. The van der Waals surface area contributed by atoms with E-state index in [4.69, 9.17) is 4.42 Å². The first-order valence-electron chi connectivity index (χ1n) is 9.28. The Hall–Kier alpha value is -2.73. The molecule has 0 amide bonds. The van der Waals surface area contributed by atoms with Crippen molar-refractivity contribution in [2.24, 2.45) is 0 Å². The second-order valence-electron chi connectivity index (χ2n) is 6.94. The number of ketones is 1. The van der Waals surface area contributed by atoms with Crippen molar-refractivity contribution >= 4 is 16.9 Å². The predicted octanol–water partition coefficient (Wildman–Crippen LogP) is 3.45. The number of carbonyl (C=O) groups excluding carboxylic acids is 1. The van der Waals surface area contributed by atoms with Gasteiger partial charge in [-0.3, -0.25) is 9.36 Å². The molecule has 2 heterocycles. The van der Waals surface area contributed by atoms with Crippen molar-refractivity contribution in [2.75, 3.05) is 19.6 Å². The highest BCUT2D eigenvalue weighted by atomic mass is 19.1. The average Bonchev–Trinajstić information content (AvgIpc) is 3.00. The van der Waals surface area contributed by atoms with Gasteiger partial charge < -0.3 is 9.32 Å². The van der Waals surface area contributed by atoms with Gasteiger partial charge in [0, 0.05) is 24.2 Å². The number of oxazole rings is 1. The van der Waals surface area contributed by atoms with Gasteiger partial charge >= 0.3 is 5.76 Å². The fourth-order valence-corrected chi connectivity index (χ4v) is 3.64. The summed E-state index contributed by atoms with van der Waals surface area (Å²) in [5.74, 6) is -1.19. The predicted molar refractivity (Wildman–Crippen MR) is 101 cm³/mol. The standard InChI is InChI=1S/C21H21FN2O3/c22-17-6-4-5-15(13-17)20(25)16-7-8-18-19(14-16)27-21(26)24(18)12-11-23-9-2-1-3-10-23/h4-8,13-14H,1-3,9-12H2. The van der Waals surface area contributed by atoms with E-state index in [0.717, 1.165) is 19.6 Å². The van der Waals surface area contributed by atoms with Crippen LogP contribution in [0.25, 0.3) is 11.1 Å². The summed E-state index contributed by atoms with van der Waals surface area (Å²) < 4.78 is 20.3. The van der Waals surface area contributed by atoms with Crippen molar-refractivity contribution in [1.82, 2.24) is 9.47 Å². The van der Waals surface area contributed by atoms with Crippen LogP contribution in [0.1, 0.15) is 35.2 Å². The van der Waals surface area contributed by atoms with Crippen molar-refractivity contribution in [3.05, 3.63) is 70.0 Å². The van der Waals surface area contributed by atoms with Crippen LogP contribution in [-0.2, 0) is 6.54 Å². The summed E-state index contributed by atoms with van der Waals surface area (Å²) in [6, 6.07) is 10.5. The van der Waals surface area contributed by atoms with Crippen LogP contribution in [-0.4, -0.2) is 34.9 Å². The molecule has 1 fully saturated rings. The fraction of sp³-hybridized carbons (Fsp3) is 0.333. The van der Waals surface area contributed by atoms with E-state index in [1.165, 1.54) is 37.5 Å². The quantitative estimate of drug-likeness (QED) is 0.648. The lowest BCUT2D eigenvalue weighted by atomic mass is 10.0. The molecule has 0 atom stereocenters. The Labute approximate surface area is 156 Å². The van der Waals surface area contributed by atoms with Crippen LogP contribution in [0.5, 0.6) is 0 Å². The van der Waals surface area contributed by atoms with Gasteiger partial charge in [0.15, 0.2) is 11.4 Å². The summed E-state index contributed by atoms with van der Waals surface area (Å²) in [4.78, 5) is 27.2. The monoisotopic (exact) mass is 368 g/mol. The third-order valence-electron chi connectivity index (χ3n) is 5.11. The molecule has 5 nitrogen and oxygen atoms in total. The Balaban J connectivity index is 1.58. The first-order chi connectivity index (χ1) is 13.1. The molecule has 4 rings (SSSR count). The van der Waals surface area contributed by atoms with Crippen molar-refractivity contribution in [1.29, 1.82) is 0 Å². The molecule has 0 N–H and O–H groups in total. The Kier molecular flexibility index (Phi) is 4.90. The maximum Gasteiger partial charge on any atom is 0.419 e. The van der Waals surface area contributed by atoms with Crippen molar-refractivity contribution in [3.63, 3.8) is 0 Å². The Bertz CT molecular complexity index is 1030. The summed E-state index contributed by atoms with van der Waals surface area (Å²) in [7, 11) is 0. The number of halogens is 1. The topological polar surface area (TPSA) is 55.5 Å². The number of piperidine rings is 1. The van der Waals surface area contributed by atoms with Crippen molar-refractivity contribution in [3.8, 4) is 0 Å². The molecule has 0 radical (unpaired) electrons. The van der Waals surface area contributed by atoms with E-state index in [1.54, 1.807) is 28.8 Å². The zero-order valence-corrected chi connectivity index (χ0v) is 15.0. The number of benzene rings is 2. The van der Waals surface area contributed by atoms with E-state index in [2.05, 4.69) is 4.90 Å². The number of fused-ring (bicyclic) bond motifs is 1. The smallest absolute Gasteiger partial charge is 0.408 e. The molecular weight excluding hydrogens is 347 g/mol. The fourth-order valence-electron chi connectivity index (χ4n) is 3.64. The van der Waals surface area contributed by atoms with Gasteiger partial charge in [-0.15, -0.1) is 0 Å². The van der Waals surface area contributed by atoms with E-state index >= 15 is 0 Å². The number of aromatic nitrogens is 1. The largest absolute Gasteiger partial charge is 0.419 e. The number of nitrogens with zero attached hydrogens (tertiary/aromatic N) is 2. The van der Waals surface area contributed by atoms with Gasteiger partial charge in [-0.1, -0.05) is 18.6 Å². The molecule has 0 aliphatic carbocycles. The van der Waals surface area contributed by atoms with Gasteiger partial charge in [0.05, 0.1) is 5.52 Å². The third-order valence-corrected chi connectivity index (χ3v) is 5.11. The number of carbonyl (C=O) groups is 1. The zero-order chi connectivity index (χ0) is 18.8. The molecule has 140 valence electrons. The number of rotatable bonds is 5. The normalized spacial score (nSPS) is 15.3. The minimum absolute atomic E-state index is 0.265. The molecule has 1 saturated heterocycles. The average molecular weight is 368 g/mol. The van der Waals surface area contributed by atoms with E-state index < -0.39 is 11.6 Å². The molecule has 6 heteroatoms. The molecule has 1 aliphatic rings. The van der Waals surface area contributed by atoms with Crippen molar-refractivity contribution < 1.29 is 13.6 Å². The third kappa shape index (κ3) is 3.71. The molecule has 0 saturated carbocycles. The second kappa shape index (κ2) is 7.48. The van der Waals surface area contributed by atoms with Gasteiger partial charge in [0.2, 0.25) is 0 Å². The van der Waals surface area contributed by atoms with Crippen molar-refractivity contribution in [2.45, 2.75) is 25.8 Å². The molecule has 0 unspecified atom stereocenters. The summed E-state index contributed by atoms with van der Waals surface area (Å²) in [5, 5.41) is 0. The molecule has 1 aromatic heterocycles. The lowest BCUT2D eigenvalue weighted by Crippen LogP contribution is -2.33. The van der Waals surface area contributed by atoms with E-state index in [1.807, 2.05) is 0 Å². The summed E-state index contributed by atoms with van der Waals surface area (Å²) in [5.41, 5.74) is 1.68. The Morgan fingerprint density at radius 2 is 1.78 bits per heavy atom. The molecule has 27 heavy (non-hydrogen) atoms. The van der Waals surface area contributed by atoms with Crippen LogP contribution in [0, 0.1) is 5.82 Å². The Morgan fingerprint density at radius 3 is 2.56 bits per heavy atom. The van der Waals surface area contributed by atoms with Gasteiger partial charge in [-0.05, 0) is 56.3 Å². The first-order valence-corrected chi connectivity index (χ1v) is 9.28. The SMILES string of the molecule is O=C(c1cccc(F)c1)c1ccc2c(c1)oc(=O)n2CCN1CCCCC1. The van der Waals surface area contributed by atoms with Gasteiger partial charge in [0.1, 0.15) is 5.82 Å². The molecule has 0 bridgehead atoms. The number of hydrogen-bond acceptors (Lipinski definition) is 4. The maximum absolute atomic E-state index is 13.4. The maximum atomic E-state index is 13.4. The highest BCUT2D eigenvalue weighted by Crippen LogP contribution is 2.19. The van der Waals surface area contributed by atoms with Crippen LogP contribution in [0.2, 0.25) is 0 Å². The number of hydrogen-bond donors (Lipinski definition) is 0. The summed E-state index contributed by atoms with van der Waals surface area (Å²) in [6.07, 6.45) is 3.67. The first kappa shape index (κ1) is 17.7. The highest BCUT2D eigenvalue weighted by molar-refractivity contribution is 6.10. The zero-order valence-electron chi connectivity index (χ0n) is 15.0. The molecule has 0 spiro atoms. The minimum Gasteiger partial charge on any atom is -0.408 e. The lowest BCUT2D eigenvalue weighted by Gasteiger charge is -2.26. The number of likely N-dealkylation sites (tertiary alicyclic amines) is 1. The van der Waals surface area contributed by atoms with Gasteiger partial charge in [-0.25, -0.2) is 9.18 Å². The minimum atomic E-state index is -0.461. The highest BCUT2D eigenvalue weighted by Gasteiger charge is 2.16. The lowest BCUT2D eigenvalue weighted by molar-refractivity contribution is 0.103. The van der Waals surface area contributed by atoms with Gasteiger partial charge in [-0.2, -0.15) is 0 Å². The summed E-state index contributed by atoms with van der Waals surface area (Å²) >= 11 is 0. The van der Waals surface area contributed by atoms with Crippen LogP contribution in [0.4, 0.5) is 4.39 Å². The second-order valence-corrected chi connectivity index (χ2v) is 6.94. The van der Waals surface area contributed by atoms with Crippen LogP contribution < -0.4 is 5.76 Å². The van der Waals surface area contributed by atoms with Crippen LogP contribution in [0.3, 0.4) is 0 Å². The van der Waals surface area contributed by atoms with Crippen LogP contribution in [0.15, 0.2) is 51.7 Å². The molecule has 1 aliphatic heterocycles. The summed E-state index contributed by atoms with van der Waals surface area (Å²) in [6.45, 7) is 3.50. The molecule has 3 aromatic rings. The van der Waals surface area contributed by atoms with E-state index in [9.17, 15) is 14.0 Å². The Morgan fingerprint density at radius 1 is 1.00 bits per heavy atom.